The third-order valence-electron chi connectivity index (χ3n) is 4.90. The van der Waals surface area contributed by atoms with Crippen molar-refractivity contribution in [2.75, 3.05) is 39.6 Å². The van der Waals surface area contributed by atoms with Crippen LogP contribution in [0.4, 0.5) is 0 Å². The van der Waals surface area contributed by atoms with E-state index in [0.29, 0.717) is 23.6 Å². The van der Waals surface area contributed by atoms with Crippen LogP contribution in [0.1, 0.15) is 22.1 Å². The van der Waals surface area contributed by atoms with Gasteiger partial charge in [-0.3, -0.25) is 9.69 Å². The molecular weight excluding hydrogens is 334 g/mol. The van der Waals surface area contributed by atoms with Crippen LogP contribution in [0.25, 0.3) is 0 Å². The average Bonchev–Trinajstić information content (AvgIpc) is 3.31. The minimum atomic E-state index is -0.115. The van der Waals surface area contributed by atoms with Crippen LogP contribution in [0.5, 0.6) is 11.5 Å². The molecule has 2 aromatic rings. The van der Waals surface area contributed by atoms with Crippen molar-refractivity contribution in [3.63, 3.8) is 0 Å². The van der Waals surface area contributed by atoms with Crippen molar-refractivity contribution in [3.05, 3.63) is 47.8 Å². The van der Waals surface area contributed by atoms with E-state index in [9.17, 15) is 4.79 Å². The molecule has 1 aromatic carbocycles. The molecule has 0 unspecified atom stereocenters. The molecule has 1 saturated heterocycles. The van der Waals surface area contributed by atoms with Gasteiger partial charge in [0.2, 0.25) is 6.79 Å². The van der Waals surface area contributed by atoms with Gasteiger partial charge in [-0.2, -0.15) is 0 Å². The zero-order valence-corrected chi connectivity index (χ0v) is 14.8. The SMILES string of the molecule is Cn1cccc1[C@H](CNC(=O)c1ccc2c(c1)OCO2)N1CCOCC1. The maximum absolute atomic E-state index is 12.6. The maximum Gasteiger partial charge on any atom is 0.251 e. The first kappa shape index (κ1) is 16.9. The number of carbonyl (C=O) groups is 1. The van der Waals surface area contributed by atoms with Crippen LogP contribution < -0.4 is 14.8 Å². The Morgan fingerprint density at radius 3 is 2.77 bits per heavy atom. The standard InChI is InChI=1S/C19H23N3O4/c1-21-6-2-3-15(21)16(22-7-9-24-10-8-22)12-20-19(23)14-4-5-17-18(11-14)26-13-25-17/h2-6,11,16H,7-10,12-13H2,1H3,(H,20,23)/t16-/m0/s1. The Morgan fingerprint density at radius 1 is 1.19 bits per heavy atom. The van der Waals surface area contributed by atoms with E-state index >= 15 is 0 Å². The summed E-state index contributed by atoms with van der Waals surface area (Å²) in [7, 11) is 2.03. The fourth-order valence-corrected chi connectivity index (χ4v) is 3.46. The van der Waals surface area contributed by atoms with Gasteiger partial charge in [0, 0.05) is 44.1 Å². The maximum atomic E-state index is 12.6. The normalized spacial score (nSPS) is 17.9. The van der Waals surface area contributed by atoms with E-state index in [2.05, 4.69) is 20.9 Å². The third kappa shape index (κ3) is 3.40. The highest BCUT2D eigenvalue weighted by molar-refractivity contribution is 5.94. The molecule has 1 aromatic heterocycles. The van der Waals surface area contributed by atoms with Crippen LogP contribution in [0.15, 0.2) is 36.5 Å². The summed E-state index contributed by atoms with van der Waals surface area (Å²) in [6, 6.07) is 9.50. The summed E-state index contributed by atoms with van der Waals surface area (Å²) in [6.07, 6.45) is 2.03. The molecule has 1 amide bonds. The largest absolute Gasteiger partial charge is 0.454 e. The van der Waals surface area contributed by atoms with Crippen molar-refractivity contribution in [2.45, 2.75) is 6.04 Å². The first-order valence-electron chi connectivity index (χ1n) is 8.83. The van der Waals surface area contributed by atoms with Crippen LogP contribution in [0.3, 0.4) is 0 Å². The molecule has 138 valence electrons. The summed E-state index contributed by atoms with van der Waals surface area (Å²) in [5.41, 5.74) is 1.75. The van der Waals surface area contributed by atoms with Crippen LogP contribution in [-0.4, -0.2) is 55.0 Å². The fourth-order valence-electron chi connectivity index (χ4n) is 3.46. The molecule has 7 heteroatoms. The topological polar surface area (TPSA) is 65.0 Å². The van der Waals surface area contributed by atoms with Gasteiger partial charge in [0.1, 0.15) is 0 Å². The Bertz CT molecular complexity index is 783. The summed E-state index contributed by atoms with van der Waals surface area (Å²) in [5, 5.41) is 3.07. The van der Waals surface area contributed by atoms with E-state index < -0.39 is 0 Å². The van der Waals surface area contributed by atoms with Gasteiger partial charge < -0.3 is 24.1 Å². The third-order valence-corrected chi connectivity index (χ3v) is 4.90. The number of aryl methyl sites for hydroxylation is 1. The van der Waals surface area contributed by atoms with Crippen molar-refractivity contribution in [1.82, 2.24) is 14.8 Å². The van der Waals surface area contributed by atoms with E-state index in [1.165, 1.54) is 5.69 Å². The molecule has 0 saturated carbocycles. The zero-order valence-electron chi connectivity index (χ0n) is 14.8. The smallest absolute Gasteiger partial charge is 0.251 e. The summed E-state index contributed by atoms with van der Waals surface area (Å²) in [6.45, 7) is 3.89. The van der Waals surface area contributed by atoms with Crippen molar-refractivity contribution in [2.24, 2.45) is 7.05 Å². The fraction of sp³-hybridized carbons (Fsp3) is 0.421. The van der Waals surface area contributed by atoms with Crippen molar-refractivity contribution >= 4 is 5.91 Å². The number of rotatable bonds is 5. The second-order valence-corrected chi connectivity index (χ2v) is 6.49. The number of benzene rings is 1. The monoisotopic (exact) mass is 357 g/mol. The van der Waals surface area contributed by atoms with Gasteiger partial charge in [0.05, 0.1) is 19.3 Å². The van der Waals surface area contributed by atoms with Crippen molar-refractivity contribution < 1.29 is 19.0 Å². The van der Waals surface area contributed by atoms with Gasteiger partial charge in [0.15, 0.2) is 11.5 Å². The van der Waals surface area contributed by atoms with E-state index in [0.717, 1.165) is 26.3 Å². The number of morpholine rings is 1. The molecule has 7 nitrogen and oxygen atoms in total. The molecule has 0 aliphatic carbocycles. The van der Waals surface area contributed by atoms with E-state index in [4.69, 9.17) is 14.2 Å². The lowest BCUT2D eigenvalue weighted by atomic mass is 10.1. The summed E-state index contributed by atoms with van der Waals surface area (Å²) < 4.78 is 18.2. The van der Waals surface area contributed by atoms with Crippen molar-refractivity contribution in [1.29, 1.82) is 0 Å². The predicted octanol–water partition coefficient (Wildman–Crippen LogP) is 1.56. The molecule has 0 radical (unpaired) electrons. The molecule has 3 heterocycles. The Labute approximate surface area is 152 Å². The van der Waals surface area contributed by atoms with Gasteiger partial charge in [0.25, 0.3) is 5.91 Å². The zero-order chi connectivity index (χ0) is 17.9. The number of aromatic nitrogens is 1. The van der Waals surface area contributed by atoms with E-state index in [1.54, 1.807) is 18.2 Å². The number of nitrogens with zero attached hydrogens (tertiary/aromatic N) is 2. The van der Waals surface area contributed by atoms with Gasteiger partial charge in [-0.15, -0.1) is 0 Å². The molecular formula is C19H23N3O4. The molecule has 1 fully saturated rings. The molecule has 26 heavy (non-hydrogen) atoms. The van der Waals surface area contributed by atoms with E-state index in [-0.39, 0.29) is 18.7 Å². The molecule has 4 rings (SSSR count). The summed E-state index contributed by atoms with van der Waals surface area (Å²) in [5.74, 6) is 1.18. The number of ether oxygens (including phenoxy) is 3. The van der Waals surface area contributed by atoms with Gasteiger partial charge in [-0.05, 0) is 30.3 Å². The highest BCUT2D eigenvalue weighted by Gasteiger charge is 2.25. The number of hydrogen-bond donors (Lipinski definition) is 1. The lowest BCUT2D eigenvalue weighted by Crippen LogP contribution is -2.44. The van der Waals surface area contributed by atoms with Crippen LogP contribution in [0.2, 0.25) is 0 Å². The number of fused-ring (bicyclic) bond motifs is 1. The highest BCUT2D eigenvalue weighted by atomic mass is 16.7. The second kappa shape index (κ2) is 7.39. The Kier molecular flexibility index (Phi) is 4.81. The Morgan fingerprint density at radius 2 is 2.00 bits per heavy atom. The van der Waals surface area contributed by atoms with Crippen LogP contribution in [0, 0.1) is 0 Å². The molecule has 0 bridgehead atoms. The van der Waals surface area contributed by atoms with E-state index in [1.807, 2.05) is 19.3 Å². The lowest BCUT2D eigenvalue weighted by Gasteiger charge is -2.35. The van der Waals surface area contributed by atoms with Gasteiger partial charge in [-0.1, -0.05) is 0 Å². The predicted molar refractivity (Wildman–Crippen MR) is 95.4 cm³/mol. The minimum absolute atomic E-state index is 0.108. The second-order valence-electron chi connectivity index (χ2n) is 6.49. The lowest BCUT2D eigenvalue weighted by molar-refractivity contribution is 0.0148. The van der Waals surface area contributed by atoms with Crippen LogP contribution in [-0.2, 0) is 11.8 Å². The number of nitrogens with one attached hydrogen (secondary N) is 1. The molecule has 1 N–H and O–H groups in total. The first-order chi connectivity index (χ1) is 12.7. The Hall–Kier alpha value is -2.51. The quantitative estimate of drug-likeness (QED) is 0.880. The molecule has 2 aliphatic rings. The minimum Gasteiger partial charge on any atom is -0.454 e. The molecule has 0 spiro atoms. The van der Waals surface area contributed by atoms with Crippen molar-refractivity contribution in [3.8, 4) is 11.5 Å². The van der Waals surface area contributed by atoms with Gasteiger partial charge in [-0.25, -0.2) is 0 Å². The molecule has 2 aliphatic heterocycles. The summed E-state index contributed by atoms with van der Waals surface area (Å²) >= 11 is 0. The Balaban J connectivity index is 1.47. The first-order valence-corrected chi connectivity index (χ1v) is 8.83. The highest BCUT2D eigenvalue weighted by Crippen LogP contribution is 2.32. The number of carbonyl (C=O) groups excluding carboxylic acids is 1. The van der Waals surface area contributed by atoms with Crippen LogP contribution >= 0.6 is 0 Å². The van der Waals surface area contributed by atoms with Gasteiger partial charge >= 0.3 is 0 Å². The number of hydrogen-bond acceptors (Lipinski definition) is 5. The number of amides is 1. The average molecular weight is 357 g/mol. The summed E-state index contributed by atoms with van der Waals surface area (Å²) in [4.78, 5) is 15.0. The molecule has 1 atom stereocenters.